The van der Waals surface area contributed by atoms with Crippen LogP contribution in [0.15, 0.2) is 54.6 Å². The van der Waals surface area contributed by atoms with Crippen molar-refractivity contribution in [2.24, 2.45) is 0 Å². The van der Waals surface area contributed by atoms with Gasteiger partial charge in [-0.25, -0.2) is 0 Å². The first-order valence-electron chi connectivity index (χ1n) is 10.1. The summed E-state index contributed by atoms with van der Waals surface area (Å²) in [6.07, 6.45) is 4.12. The topological polar surface area (TPSA) is 61.4 Å². The zero-order chi connectivity index (χ0) is 19.3. The van der Waals surface area contributed by atoms with E-state index < -0.39 is 0 Å². The van der Waals surface area contributed by atoms with Crippen LogP contribution in [0.2, 0.25) is 0 Å². The molecule has 146 valence electrons. The van der Waals surface area contributed by atoms with Crippen LogP contribution in [0.3, 0.4) is 0 Å². The number of amides is 2. The maximum Gasteiger partial charge on any atom is 0.251 e. The Kier molecular flexibility index (Phi) is 5.72. The van der Waals surface area contributed by atoms with Crippen molar-refractivity contribution in [2.45, 2.75) is 50.9 Å². The Hall–Kier alpha value is -2.66. The molecule has 1 saturated heterocycles. The van der Waals surface area contributed by atoms with E-state index in [1.165, 1.54) is 5.56 Å². The lowest BCUT2D eigenvalue weighted by atomic mass is 10.1. The third-order valence-corrected chi connectivity index (χ3v) is 5.49. The molecule has 5 heteroatoms. The average Bonchev–Trinajstić information content (AvgIpc) is 3.42. The van der Waals surface area contributed by atoms with Crippen LogP contribution in [0.4, 0.5) is 0 Å². The Balaban J connectivity index is 1.29. The number of benzene rings is 2. The summed E-state index contributed by atoms with van der Waals surface area (Å²) < 4.78 is 0. The average molecular weight is 377 g/mol. The lowest BCUT2D eigenvalue weighted by Crippen LogP contribution is -2.42. The molecule has 4 rings (SSSR count). The summed E-state index contributed by atoms with van der Waals surface area (Å²) in [5, 5.41) is 6.05. The summed E-state index contributed by atoms with van der Waals surface area (Å²) in [5.74, 6) is 0.0737. The molecule has 1 aliphatic heterocycles. The molecular formula is C23H27N3O2. The molecule has 2 aromatic carbocycles. The Bertz CT molecular complexity index is 816. The van der Waals surface area contributed by atoms with Crippen LogP contribution in [-0.2, 0) is 17.9 Å². The molecule has 28 heavy (non-hydrogen) atoms. The summed E-state index contributed by atoms with van der Waals surface area (Å²) in [5.41, 5.74) is 2.91. The number of hydrogen-bond acceptors (Lipinski definition) is 3. The van der Waals surface area contributed by atoms with E-state index in [1.54, 1.807) is 0 Å². The highest BCUT2D eigenvalue weighted by Crippen LogP contribution is 2.21. The van der Waals surface area contributed by atoms with Crippen molar-refractivity contribution in [1.29, 1.82) is 0 Å². The molecule has 2 N–H and O–H groups in total. The zero-order valence-corrected chi connectivity index (χ0v) is 16.1. The molecule has 0 spiro atoms. The second kappa shape index (κ2) is 8.57. The van der Waals surface area contributed by atoms with Crippen LogP contribution >= 0.6 is 0 Å². The maximum absolute atomic E-state index is 12.7. The molecule has 0 radical (unpaired) electrons. The van der Waals surface area contributed by atoms with E-state index in [9.17, 15) is 9.59 Å². The Labute approximate surface area is 166 Å². The maximum atomic E-state index is 12.7. The van der Waals surface area contributed by atoms with Gasteiger partial charge < -0.3 is 10.6 Å². The van der Waals surface area contributed by atoms with Gasteiger partial charge in [-0.1, -0.05) is 42.5 Å². The zero-order valence-electron chi connectivity index (χ0n) is 16.1. The number of carbonyl (C=O) groups excluding carboxylic acids is 2. The highest BCUT2D eigenvalue weighted by atomic mass is 16.2. The van der Waals surface area contributed by atoms with Crippen molar-refractivity contribution in [3.63, 3.8) is 0 Å². The second-order valence-corrected chi connectivity index (χ2v) is 7.78. The number of nitrogens with zero attached hydrogens (tertiary/aromatic N) is 1. The van der Waals surface area contributed by atoms with E-state index in [-0.39, 0.29) is 17.9 Å². The van der Waals surface area contributed by atoms with Gasteiger partial charge in [-0.15, -0.1) is 0 Å². The molecular weight excluding hydrogens is 350 g/mol. The van der Waals surface area contributed by atoms with E-state index in [0.717, 1.165) is 44.3 Å². The van der Waals surface area contributed by atoms with E-state index in [1.807, 2.05) is 42.5 Å². The van der Waals surface area contributed by atoms with Gasteiger partial charge in [0.2, 0.25) is 5.91 Å². The number of likely N-dealkylation sites (tertiary alicyclic amines) is 1. The van der Waals surface area contributed by atoms with E-state index in [2.05, 4.69) is 27.7 Å². The van der Waals surface area contributed by atoms with E-state index in [0.29, 0.717) is 18.2 Å². The number of hydrogen-bond donors (Lipinski definition) is 2. The highest BCUT2D eigenvalue weighted by molar-refractivity contribution is 5.94. The van der Waals surface area contributed by atoms with Crippen LogP contribution in [0.1, 0.15) is 47.2 Å². The predicted octanol–water partition coefficient (Wildman–Crippen LogP) is 2.86. The summed E-state index contributed by atoms with van der Waals surface area (Å²) in [6.45, 7) is 2.25. The van der Waals surface area contributed by atoms with Crippen LogP contribution in [0.5, 0.6) is 0 Å². The van der Waals surface area contributed by atoms with Gasteiger partial charge in [0, 0.05) is 24.7 Å². The predicted molar refractivity (Wildman–Crippen MR) is 109 cm³/mol. The third-order valence-electron chi connectivity index (χ3n) is 5.49. The normalized spacial score (nSPS) is 19.4. The monoisotopic (exact) mass is 377 g/mol. The van der Waals surface area contributed by atoms with Crippen LogP contribution < -0.4 is 10.6 Å². The molecule has 2 aromatic rings. The van der Waals surface area contributed by atoms with E-state index in [4.69, 9.17) is 0 Å². The highest BCUT2D eigenvalue weighted by Gasteiger charge is 2.30. The summed E-state index contributed by atoms with van der Waals surface area (Å²) in [6, 6.07) is 18.1. The Morgan fingerprint density at radius 2 is 1.68 bits per heavy atom. The number of rotatable bonds is 7. The van der Waals surface area contributed by atoms with Crippen LogP contribution in [-0.4, -0.2) is 35.3 Å². The smallest absolute Gasteiger partial charge is 0.251 e. The van der Waals surface area contributed by atoms with Crippen LogP contribution in [0.25, 0.3) is 0 Å². The van der Waals surface area contributed by atoms with Gasteiger partial charge in [-0.2, -0.15) is 0 Å². The standard InChI is InChI=1S/C23H27N3O2/c27-22(25-20-12-13-20)19-10-8-17(9-11-19)15-24-23(28)21-7-4-14-26(21)16-18-5-2-1-3-6-18/h1-3,5-6,8-11,20-21H,4,7,12-16H2,(H,24,28)(H,25,27)/t21-/m0/s1. The van der Waals surface area contributed by atoms with Crippen molar-refractivity contribution in [3.8, 4) is 0 Å². The van der Waals surface area contributed by atoms with Crippen molar-refractivity contribution >= 4 is 11.8 Å². The van der Waals surface area contributed by atoms with Gasteiger partial charge >= 0.3 is 0 Å². The van der Waals surface area contributed by atoms with Gasteiger partial charge in [0.05, 0.1) is 6.04 Å². The lowest BCUT2D eigenvalue weighted by Gasteiger charge is -2.23. The van der Waals surface area contributed by atoms with Crippen molar-refractivity contribution in [3.05, 3.63) is 71.3 Å². The minimum absolute atomic E-state index is 0.0133. The minimum Gasteiger partial charge on any atom is -0.351 e. The van der Waals surface area contributed by atoms with Crippen molar-refractivity contribution < 1.29 is 9.59 Å². The van der Waals surface area contributed by atoms with Gasteiger partial charge in [-0.3, -0.25) is 14.5 Å². The first-order chi connectivity index (χ1) is 13.7. The quantitative estimate of drug-likeness (QED) is 0.780. The number of nitrogens with one attached hydrogen (secondary N) is 2. The fourth-order valence-electron chi connectivity index (χ4n) is 3.71. The van der Waals surface area contributed by atoms with E-state index >= 15 is 0 Å². The van der Waals surface area contributed by atoms with Crippen molar-refractivity contribution in [2.75, 3.05) is 6.54 Å². The first-order valence-corrected chi connectivity index (χ1v) is 10.1. The Morgan fingerprint density at radius 1 is 0.929 bits per heavy atom. The van der Waals surface area contributed by atoms with Crippen LogP contribution in [0, 0.1) is 0 Å². The SMILES string of the molecule is O=C(NC1CC1)c1ccc(CNC(=O)[C@@H]2CCCN2Cc2ccccc2)cc1. The molecule has 2 fully saturated rings. The molecule has 2 aliphatic rings. The largest absolute Gasteiger partial charge is 0.351 e. The minimum atomic E-state index is -0.0659. The van der Waals surface area contributed by atoms with Gasteiger partial charge in [0.25, 0.3) is 5.91 Å². The molecule has 1 heterocycles. The lowest BCUT2D eigenvalue weighted by molar-refractivity contribution is -0.125. The molecule has 1 atom stereocenters. The number of carbonyl (C=O) groups is 2. The van der Waals surface area contributed by atoms with Crippen molar-refractivity contribution in [1.82, 2.24) is 15.5 Å². The molecule has 1 saturated carbocycles. The molecule has 0 bridgehead atoms. The molecule has 1 aliphatic carbocycles. The van der Waals surface area contributed by atoms with Gasteiger partial charge in [0.15, 0.2) is 0 Å². The molecule has 0 unspecified atom stereocenters. The molecule has 5 nitrogen and oxygen atoms in total. The fourth-order valence-corrected chi connectivity index (χ4v) is 3.71. The summed E-state index contributed by atoms with van der Waals surface area (Å²) in [4.78, 5) is 27.0. The van der Waals surface area contributed by atoms with Gasteiger partial charge in [0.1, 0.15) is 0 Å². The van der Waals surface area contributed by atoms with Gasteiger partial charge in [-0.05, 0) is 55.5 Å². The molecule has 2 amide bonds. The first kappa shape index (κ1) is 18.7. The fraction of sp³-hybridized carbons (Fsp3) is 0.391. The summed E-state index contributed by atoms with van der Waals surface area (Å²) >= 11 is 0. The third kappa shape index (κ3) is 4.78. The Morgan fingerprint density at radius 3 is 2.39 bits per heavy atom. The summed E-state index contributed by atoms with van der Waals surface area (Å²) in [7, 11) is 0. The molecule has 0 aromatic heterocycles. The second-order valence-electron chi connectivity index (χ2n) is 7.78.